The van der Waals surface area contributed by atoms with E-state index in [9.17, 15) is 14.7 Å². The minimum absolute atomic E-state index is 0.00100. The van der Waals surface area contributed by atoms with Crippen LogP contribution in [0.3, 0.4) is 0 Å². The predicted octanol–water partition coefficient (Wildman–Crippen LogP) is -1.34. The largest absolute Gasteiger partial charge is 0.480 e. The molecule has 3 N–H and O–H groups in total. The van der Waals surface area contributed by atoms with Gasteiger partial charge >= 0.3 is 5.97 Å². The van der Waals surface area contributed by atoms with Crippen LogP contribution < -0.4 is 5.32 Å². The van der Waals surface area contributed by atoms with Gasteiger partial charge in [0, 0.05) is 33.2 Å². The Morgan fingerprint density at radius 3 is 2.83 bits per heavy atom. The number of likely N-dealkylation sites (tertiary alicyclic amines) is 1. The molecule has 1 heterocycles. The number of methoxy groups -OCH3 is 1. The summed E-state index contributed by atoms with van der Waals surface area (Å²) in [6, 6.07) is -0.773. The summed E-state index contributed by atoms with van der Waals surface area (Å²) in [7, 11) is 1.59. The van der Waals surface area contributed by atoms with E-state index in [0.29, 0.717) is 19.6 Å². The van der Waals surface area contributed by atoms with Gasteiger partial charge in [0.1, 0.15) is 6.04 Å². The van der Waals surface area contributed by atoms with Crippen molar-refractivity contribution in [2.75, 3.05) is 33.4 Å². The number of β-amino-alcohol motifs (C(OH)–C–C–N with tert-alkyl or cyclic N) is 1. The molecule has 0 aliphatic carbocycles. The van der Waals surface area contributed by atoms with Crippen LogP contribution in [0, 0.1) is 0 Å². The summed E-state index contributed by atoms with van der Waals surface area (Å²) in [5.41, 5.74) is 0. The average molecular weight is 260 g/mol. The third-order valence-electron chi connectivity index (χ3n) is 2.86. The molecule has 1 amide bonds. The Hall–Kier alpha value is -1.18. The van der Waals surface area contributed by atoms with E-state index in [1.54, 1.807) is 7.11 Å². The van der Waals surface area contributed by atoms with Crippen LogP contribution >= 0.6 is 0 Å². The van der Waals surface area contributed by atoms with E-state index < -0.39 is 18.1 Å². The molecule has 2 atom stereocenters. The summed E-state index contributed by atoms with van der Waals surface area (Å²) in [6.45, 7) is 1.30. The highest BCUT2D eigenvalue weighted by Crippen LogP contribution is 2.17. The number of hydrogen-bond acceptors (Lipinski definition) is 5. The van der Waals surface area contributed by atoms with E-state index >= 15 is 0 Å². The first kappa shape index (κ1) is 14.9. The highest BCUT2D eigenvalue weighted by atomic mass is 16.5. The maximum atomic E-state index is 11.6. The smallest absolute Gasteiger partial charge is 0.321 e. The average Bonchev–Trinajstić information content (AvgIpc) is 2.66. The van der Waals surface area contributed by atoms with Gasteiger partial charge in [-0.2, -0.15) is 0 Å². The highest BCUT2D eigenvalue weighted by Gasteiger charge is 2.36. The van der Waals surface area contributed by atoms with Crippen molar-refractivity contribution < 1.29 is 24.5 Å². The Morgan fingerprint density at radius 1 is 1.50 bits per heavy atom. The normalized spacial score (nSPS) is 24.1. The summed E-state index contributed by atoms with van der Waals surface area (Å²) in [6.07, 6.45) is 0.215. The molecule has 0 aromatic rings. The van der Waals surface area contributed by atoms with Crippen LogP contribution in [0.15, 0.2) is 0 Å². The molecule has 0 aromatic carbocycles. The van der Waals surface area contributed by atoms with E-state index in [-0.39, 0.29) is 25.4 Å². The maximum Gasteiger partial charge on any atom is 0.321 e. The third-order valence-corrected chi connectivity index (χ3v) is 2.86. The van der Waals surface area contributed by atoms with Crippen molar-refractivity contribution in [3.63, 3.8) is 0 Å². The number of ether oxygens (including phenoxy) is 1. The van der Waals surface area contributed by atoms with Crippen LogP contribution in [0.4, 0.5) is 0 Å². The minimum Gasteiger partial charge on any atom is -0.480 e. The lowest BCUT2D eigenvalue weighted by Gasteiger charge is -2.19. The van der Waals surface area contributed by atoms with Gasteiger partial charge in [-0.1, -0.05) is 0 Å². The molecule has 1 aliphatic heterocycles. The Labute approximate surface area is 106 Å². The predicted molar refractivity (Wildman–Crippen MR) is 63.1 cm³/mol. The monoisotopic (exact) mass is 260 g/mol. The van der Waals surface area contributed by atoms with Gasteiger partial charge in [0.25, 0.3) is 0 Å². The molecule has 104 valence electrons. The van der Waals surface area contributed by atoms with Gasteiger partial charge in [-0.3, -0.25) is 14.5 Å². The second-order valence-electron chi connectivity index (χ2n) is 4.37. The first-order valence-electron chi connectivity index (χ1n) is 5.95. The zero-order chi connectivity index (χ0) is 13.5. The topological polar surface area (TPSA) is 99.1 Å². The summed E-state index contributed by atoms with van der Waals surface area (Å²) in [5.74, 6) is -1.23. The molecule has 0 radical (unpaired) electrons. The molecular formula is C11H20N2O5. The van der Waals surface area contributed by atoms with Crippen molar-refractivity contribution >= 4 is 11.9 Å². The molecule has 0 spiro atoms. The van der Waals surface area contributed by atoms with Crippen molar-refractivity contribution in [2.24, 2.45) is 0 Å². The van der Waals surface area contributed by atoms with Crippen molar-refractivity contribution in [3.8, 4) is 0 Å². The Kier molecular flexibility index (Phi) is 6.03. The van der Waals surface area contributed by atoms with E-state index in [1.165, 1.54) is 4.90 Å². The maximum absolute atomic E-state index is 11.6. The van der Waals surface area contributed by atoms with Gasteiger partial charge in [0.05, 0.1) is 12.6 Å². The molecular weight excluding hydrogens is 240 g/mol. The number of aliphatic hydroxyl groups is 1. The number of amides is 1. The molecule has 2 unspecified atom stereocenters. The van der Waals surface area contributed by atoms with Crippen molar-refractivity contribution in [3.05, 3.63) is 0 Å². The number of carbonyl (C=O) groups excluding carboxylic acids is 1. The standard InChI is InChI=1S/C11H20N2O5/c1-18-4-2-3-12-10(15)7-13-6-8(14)5-9(13)11(16)17/h8-9,14H,2-7H2,1H3,(H,12,15)(H,16,17). The number of carboxylic acid groups (broad SMARTS) is 1. The lowest BCUT2D eigenvalue weighted by Crippen LogP contribution is -2.43. The van der Waals surface area contributed by atoms with Gasteiger partial charge in [0.15, 0.2) is 0 Å². The fourth-order valence-corrected chi connectivity index (χ4v) is 2.00. The third kappa shape index (κ3) is 4.59. The zero-order valence-electron chi connectivity index (χ0n) is 10.5. The molecule has 0 aromatic heterocycles. The zero-order valence-corrected chi connectivity index (χ0v) is 10.5. The number of nitrogens with one attached hydrogen (secondary N) is 1. The summed E-state index contributed by atoms with van der Waals surface area (Å²) in [4.78, 5) is 24.0. The molecule has 7 heteroatoms. The quantitative estimate of drug-likeness (QED) is 0.490. The van der Waals surface area contributed by atoms with Crippen LogP contribution in [0.2, 0.25) is 0 Å². The number of nitrogens with zero attached hydrogens (tertiary/aromatic N) is 1. The van der Waals surface area contributed by atoms with Crippen molar-refractivity contribution in [1.29, 1.82) is 0 Å². The van der Waals surface area contributed by atoms with Gasteiger partial charge in [-0.05, 0) is 6.42 Å². The molecule has 0 bridgehead atoms. The van der Waals surface area contributed by atoms with E-state index in [4.69, 9.17) is 9.84 Å². The molecule has 1 aliphatic rings. The number of hydrogen-bond donors (Lipinski definition) is 3. The van der Waals surface area contributed by atoms with Crippen LogP contribution in [0.5, 0.6) is 0 Å². The first-order valence-corrected chi connectivity index (χ1v) is 5.95. The second kappa shape index (κ2) is 7.30. The summed E-state index contributed by atoms with van der Waals surface area (Å²) >= 11 is 0. The second-order valence-corrected chi connectivity index (χ2v) is 4.37. The number of aliphatic hydroxyl groups excluding tert-OH is 1. The summed E-state index contributed by atoms with van der Waals surface area (Å²) < 4.78 is 4.85. The molecule has 7 nitrogen and oxygen atoms in total. The van der Waals surface area contributed by atoms with Crippen LogP contribution in [-0.4, -0.2) is 72.5 Å². The Morgan fingerprint density at radius 2 is 2.22 bits per heavy atom. The van der Waals surface area contributed by atoms with E-state index in [1.807, 2.05) is 0 Å². The van der Waals surface area contributed by atoms with Crippen molar-refractivity contribution in [1.82, 2.24) is 10.2 Å². The van der Waals surface area contributed by atoms with E-state index in [0.717, 1.165) is 0 Å². The van der Waals surface area contributed by atoms with Gasteiger partial charge in [-0.15, -0.1) is 0 Å². The molecule has 18 heavy (non-hydrogen) atoms. The Bertz CT molecular complexity index is 297. The van der Waals surface area contributed by atoms with E-state index in [2.05, 4.69) is 5.32 Å². The molecule has 0 saturated carbocycles. The fraction of sp³-hybridized carbons (Fsp3) is 0.818. The van der Waals surface area contributed by atoms with Gasteiger partial charge in [-0.25, -0.2) is 0 Å². The number of carboxylic acids is 1. The number of aliphatic carboxylic acids is 1. The fourth-order valence-electron chi connectivity index (χ4n) is 2.00. The summed E-state index contributed by atoms with van der Waals surface area (Å²) in [5, 5.41) is 21.1. The lowest BCUT2D eigenvalue weighted by atomic mass is 10.2. The van der Waals surface area contributed by atoms with Crippen molar-refractivity contribution in [2.45, 2.75) is 25.0 Å². The molecule has 1 saturated heterocycles. The highest BCUT2D eigenvalue weighted by molar-refractivity contribution is 5.80. The SMILES string of the molecule is COCCCNC(=O)CN1CC(O)CC1C(=O)O. The number of rotatable bonds is 7. The van der Waals surface area contributed by atoms with Crippen LogP contribution in [0.25, 0.3) is 0 Å². The number of carbonyl (C=O) groups is 2. The van der Waals surface area contributed by atoms with Crippen LogP contribution in [-0.2, 0) is 14.3 Å². The molecule has 1 fully saturated rings. The minimum atomic E-state index is -1.00. The lowest BCUT2D eigenvalue weighted by molar-refractivity contribution is -0.142. The van der Waals surface area contributed by atoms with Gasteiger partial charge < -0.3 is 20.3 Å². The Balaban J connectivity index is 2.31. The van der Waals surface area contributed by atoms with Crippen LogP contribution in [0.1, 0.15) is 12.8 Å². The molecule has 1 rings (SSSR count). The van der Waals surface area contributed by atoms with Gasteiger partial charge in [0.2, 0.25) is 5.91 Å². The first-order chi connectivity index (χ1) is 8.54.